The molecule has 1 N–H and O–H groups in total. The van der Waals surface area contributed by atoms with Gasteiger partial charge in [-0.2, -0.15) is 5.10 Å². The highest BCUT2D eigenvalue weighted by atomic mass is 19.1. The number of aromatic nitrogens is 6. The van der Waals surface area contributed by atoms with E-state index in [-0.39, 0.29) is 17.5 Å². The summed E-state index contributed by atoms with van der Waals surface area (Å²) in [6.07, 6.45) is 8.13. The van der Waals surface area contributed by atoms with E-state index >= 15 is 4.39 Å². The van der Waals surface area contributed by atoms with Gasteiger partial charge in [0.25, 0.3) is 0 Å². The van der Waals surface area contributed by atoms with E-state index < -0.39 is 5.82 Å². The van der Waals surface area contributed by atoms with Crippen LogP contribution < -0.4 is 10.1 Å². The molecule has 2 bridgehead atoms. The Balaban J connectivity index is 1.16. The zero-order valence-corrected chi connectivity index (χ0v) is 22.4. The molecule has 1 saturated carbocycles. The summed E-state index contributed by atoms with van der Waals surface area (Å²) in [5.41, 5.74) is 3.43. The Labute approximate surface area is 234 Å². The second-order valence-electron chi connectivity index (χ2n) is 10.6. The lowest BCUT2D eigenvalue weighted by Gasteiger charge is -2.37. The van der Waals surface area contributed by atoms with Crippen molar-refractivity contribution in [1.82, 2.24) is 34.4 Å². The Kier molecular flexibility index (Phi) is 6.06. The molecule has 2 aliphatic rings. The van der Waals surface area contributed by atoms with Gasteiger partial charge in [-0.05, 0) is 68.0 Å². The van der Waals surface area contributed by atoms with Crippen LogP contribution in [0.15, 0.2) is 67.9 Å². The number of amides is 1. The molecule has 1 aliphatic carbocycles. The zero-order chi connectivity index (χ0) is 28.1. The normalized spacial score (nSPS) is 20.0. The van der Waals surface area contributed by atoms with Crippen molar-refractivity contribution in [1.29, 1.82) is 0 Å². The van der Waals surface area contributed by atoms with Crippen molar-refractivity contribution in [2.24, 2.45) is 11.8 Å². The molecule has 0 radical (unpaired) electrons. The van der Waals surface area contributed by atoms with Gasteiger partial charge < -0.3 is 15.0 Å². The average Bonchev–Trinajstić information content (AvgIpc) is 3.57. The first kappa shape index (κ1) is 25.1. The number of halogens is 1. The summed E-state index contributed by atoms with van der Waals surface area (Å²) in [5, 5.41) is 7.21. The lowest BCUT2D eigenvalue weighted by atomic mass is 9.82. The Morgan fingerprint density at radius 2 is 1.93 bits per heavy atom. The molecule has 7 rings (SSSR count). The highest BCUT2D eigenvalue weighted by Gasteiger charge is 2.44. The number of hydrogen-bond donors (Lipinski definition) is 1. The SMILES string of the molecule is C=CC(=O)N1CC2CCC(C1)C2c1ccc2ncnc(Nc3ccc(Oc4ccn5ncnc5c4)c(C)c3F)c2n1. The molecule has 2 fully saturated rings. The van der Waals surface area contributed by atoms with E-state index in [1.54, 1.807) is 41.9 Å². The second kappa shape index (κ2) is 9.92. The summed E-state index contributed by atoms with van der Waals surface area (Å²) in [5.74, 6) is 1.79. The zero-order valence-electron chi connectivity index (χ0n) is 22.4. The van der Waals surface area contributed by atoms with Crippen LogP contribution in [-0.4, -0.2) is 53.4 Å². The van der Waals surface area contributed by atoms with Gasteiger partial charge in [-0.3, -0.25) is 4.79 Å². The van der Waals surface area contributed by atoms with Crippen LogP contribution in [0.2, 0.25) is 0 Å². The van der Waals surface area contributed by atoms with Crippen molar-refractivity contribution >= 4 is 34.1 Å². The van der Waals surface area contributed by atoms with Crippen LogP contribution in [0.1, 0.15) is 30.0 Å². The molecule has 5 heterocycles. The molecular weight excluding hydrogens is 523 g/mol. The third-order valence-electron chi connectivity index (χ3n) is 8.23. The Morgan fingerprint density at radius 3 is 2.73 bits per heavy atom. The molecule has 0 spiro atoms. The third kappa shape index (κ3) is 4.43. The fourth-order valence-corrected chi connectivity index (χ4v) is 6.24. The number of ether oxygens (including phenoxy) is 1. The van der Waals surface area contributed by atoms with Crippen LogP contribution in [0.25, 0.3) is 16.7 Å². The van der Waals surface area contributed by atoms with E-state index in [4.69, 9.17) is 9.72 Å². The van der Waals surface area contributed by atoms with Gasteiger partial charge in [0.2, 0.25) is 5.91 Å². The van der Waals surface area contributed by atoms with Crippen LogP contribution in [-0.2, 0) is 4.79 Å². The van der Waals surface area contributed by atoms with E-state index in [9.17, 15) is 4.79 Å². The first-order valence-electron chi connectivity index (χ1n) is 13.5. The Hall–Kier alpha value is -4.93. The lowest BCUT2D eigenvalue weighted by molar-refractivity contribution is -0.128. The van der Waals surface area contributed by atoms with E-state index in [0.29, 0.717) is 64.5 Å². The van der Waals surface area contributed by atoms with Crippen LogP contribution in [0.4, 0.5) is 15.9 Å². The molecule has 1 saturated heterocycles. The summed E-state index contributed by atoms with van der Waals surface area (Å²) < 4.78 is 23.2. The van der Waals surface area contributed by atoms with Gasteiger partial charge in [0.15, 0.2) is 17.3 Å². The molecule has 10 nitrogen and oxygen atoms in total. The van der Waals surface area contributed by atoms with Crippen LogP contribution in [0, 0.1) is 24.6 Å². The summed E-state index contributed by atoms with van der Waals surface area (Å²) in [6.45, 7) is 6.71. The maximum absolute atomic E-state index is 15.6. The lowest BCUT2D eigenvalue weighted by Crippen LogP contribution is -2.43. The van der Waals surface area contributed by atoms with Gasteiger partial charge in [0, 0.05) is 42.5 Å². The number of likely N-dealkylation sites (tertiary alicyclic amines) is 1. The number of nitrogens with zero attached hydrogens (tertiary/aromatic N) is 7. The van der Waals surface area contributed by atoms with Crippen LogP contribution in [0.3, 0.4) is 0 Å². The van der Waals surface area contributed by atoms with Gasteiger partial charge in [0.05, 0.1) is 11.2 Å². The summed E-state index contributed by atoms with van der Waals surface area (Å²) in [7, 11) is 0. The molecule has 4 aromatic heterocycles. The molecule has 2 unspecified atom stereocenters. The number of benzene rings is 1. The number of nitrogens with one attached hydrogen (secondary N) is 1. The van der Waals surface area contributed by atoms with Crippen molar-refractivity contribution in [3.63, 3.8) is 0 Å². The van der Waals surface area contributed by atoms with Crippen LogP contribution in [0.5, 0.6) is 11.5 Å². The van der Waals surface area contributed by atoms with Crippen molar-refractivity contribution in [3.8, 4) is 11.5 Å². The maximum atomic E-state index is 15.6. The van der Waals surface area contributed by atoms with E-state index in [1.165, 1.54) is 18.7 Å². The number of piperidine rings is 1. The summed E-state index contributed by atoms with van der Waals surface area (Å²) in [6, 6.07) is 10.8. The predicted octanol–water partition coefficient (Wildman–Crippen LogP) is 5.19. The highest BCUT2D eigenvalue weighted by Crippen LogP contribution is 2.48. The Morgan fingerprint density at radius 1 is 1.10 bits per heavy atom. The minimum atomic E-state index is -0.453. The van der Waals surface area contributed by atoms with Gasteiger partial charge in [0.1, 0.15) is 29.7 Å². The smallest absolute Gasteiger partial charge is 0.245 e. The third-order valence-corrected chi connectivity index (χ3v) is 8.23. The van der Waals surface area contributed by atoms with Crippen molar-refractivity contribution in [3.05, 3.63) is 85.0 Å². The molecule has 5 aromatic rings. The number of carbonyl (C=O) groups is 1. The molecule has 1 aliphatic heterocycles. The van der Waals surface area contributed by atoms with Crippen molar-refractivity contribution in [2.45, 2.75) is 25.7 Å². The minimum absolute atomic E-state index is 0.0168. The molecule has 1 amide bonds. The topological polar surface area (TPSA) is 110 Å². The molecule has 1 aromatic carbocycles. The molecule has 41 heavy (non-hydrogen) atoms. The van der Waals surface area contributed by atoms with Gasteiger partial charge in [-0.1, -0.05) is 6.58 Å². The van der Waals surface area contributed by atoms with Crippen molar-refractivity contribution in [2.75, 3.05) is 18.4 Å². The highest BCUT2D eigenvalue weighted by molar-refractivity contribution is 5.88. The predicted molar refractivity (Wildman–Crippen MR) is 151 cm³/mol. The van der Waals surface area contributed by atoms with E-state index in [2.05, 4.69) is 31.9 Å². The average molecular weight is 551 g/mol. The first-order chi connectivity index (χ1) is 20.0. The minimum Gasteiger partial charge on any atom is -0.457 e. The number of hydrogen-bond acceptors (Lipinski definition) is 8. The number of pyridine rings is 2. The fraction of sp³-hybridized carbons (Fsp3) is 0.267. The molecule has 2 atom stereocenters. The van der Waals surface area contributed by atoms with Gasteiger partial charge >= 0.3 is 0 Å². The van der Waals surface area contributed by atoms with E-state index in [1.807, 2.05) is 17.0 Å². The summed E-state index contributed by atoms with van der Waals surface area (Å²) in [4.78, 5) is 32.1. The maximum Gasteiger partial charge on any atom is 0.245 e. The number of fused-ring (bicyclic) bond motifs is 4. The van der Waals surface area contributed by atoms with Gasteiger partial charge in [-0.25, -0.2) is 28.8 Å². The summed E-state index contributed by atoms with van der Waals surface area (Å²) >= 11 is 0. The number of carbonyl (C=O) groups excluding carboxylic acids is 1. The van der Waals surface area contributed by atoms with E-state index in [0.717, 1.165) is 18.5 Å². The molecule has 206 valence electrons. The van der Waals surface area contributed by atoms with Crippen LogP contribution >= 0.6 is 0 Å². The standard InChI is InChI=1S/C30H27FN8O2/c1-3-26(40)38-13-18-4-5-19(14-38)27(18)21-6-7-23-29(36-21)30(34-15-32-23)37-22-8-9-24(17(2)28(22)31)41-20-10-11-39-25(12-20)33-16-35-39/h3,6-12,15-16,18-19,27H,1,4-5,13-14H2,2H3,(H,32,34,37). The van der Waals surface area contributed by atoms with Crippen molar-refractivity contribution < 1.29 is 13.9 Å². The van der Waals surface area contributed by atoms with Gasteiger partial charge in [-0.15, -0.1) is 0 Å². The monoisotopic (exact) mass is 550 g/mol. The second-order valence-corrected chi connectivity index (χ2v) is 10.6. The largest absolute Gasteiger partial charge is 0.457 e. The molecular formula is C30H27FN8O2. The first-order valence-corrected chi connectivity index (χ1v) is 13.5. The fourth-order valence-electron chi connectivity index (χ4n) is 6.24. The molecule has 11 heteroatoms. The quantitative estimate of drug-likeness (QED) is 0.288. The Bertz CT molecular complexity index is 1810. The number of anilines is 2. The number of rotatable bonds is 6.